The lowest BCUT2D eigenvalue weighted by molar-refractivity contribution is -0.143. The first kappa shape index (κ1) is 33.2. The van der Waals surface area contributed by atoms with E-state index in [1.807, 2.05) is 0 Å². The molecule has 216 valence electrons. The van der Waals surface area contributed by atoms with Crippen molar-refractivity contribution >= 4 is 47.3 Å². The second-order valence-electron chi connectivity index (χ2n) is 8.86. The summed E-state index contributed by atoms with van der Waals surface area (Å²) in [5, 5.41) is 28.4. The zero-order chi connectivity index (χ0) is 29.7. The fraction of sp³-hybridized carbons (Fsp3) is 0.500. The summed E-state index contributed by atoms with van der Waals surface area (Å²) < 4.78 is 0. The van der Waals surface area contributed by atoms with Crippen LogP contribution in [0, 0.1) is 0 Å². The lowest BCUT2D eigenvalue weighted by Crippen LogP contribution is -2.58. The van der Waals surface area contributed by atoms with Crippen LogP contribution in [-0.4, -0.2) is 87.9 Å². The van der Waals surface area contributed by atoms with Crippen LogP contribution in [0.4, 0.5) is 0 Å². The molecule has 1 rings (SSSR count). The molecular formula is C24H36N6O8S. The van der Waals surface area contributed by atoms with E-state index in [-0.39, 0.29) is 18.6 Å². The number of carboxylic acids is 1. The Labute approximate surface area is 230 Å². The van der Waals surface area contributed by atoms with Gasteiger partial charge in [-0.2, -0.15) is 11.8 Å². The number of amides is 5. The fourth-order valence-electron chi connectivity index (χ4n) is 3.23. The molecule has 0 radical (unpaired) electrons. The first-order valence-electron chi connectivity index (χ1n) is 12.0. The van der Waals surface area contributed by atoms with Gasteiger partial charge in [0, 0.05) is 6.42 Å². The summed E-state index contributed by atoms with van der Waals surface area (Å²) in [4.78, 5) is 73.3. The van der Waals surface area contributed by atoms with Crippen molar-refractivity contribution < 1.29 is 39.0 Å². The van der Waals surface area contributed by atoms with E-state index in [9.17, 15) is 39.0 Å². The summed E-state index contributed by atoms with van der Waals surface area (Å²) in [5.41, 5.74) is 11.3. The van der Waals surface area contributed by atoms with Gasteiger partial charge in [0.1, 0.15) is 29.9 Å². The highest BCUT2D eigenvalue weighted by Gasteiger charge is 2.30. The van der Waals surface area contributed by atoms with E-state index in [1.165, 1.54) is 37.7 Å². The van der Waals surface area contributed by atoms with E-state index >= 15 is 0 Å². The molecule has 14 nitrogen and oxygen atoms in total. The molecule has 0 unspecified atom stereocenters. The topological polar surface area (TPSA) is 243 Å². The van der Waals surface area contributed by atoms with Crippen LogP contribution in [0.1, 0.15) is 32.3 Å². The number of phenolic OH excluding ortho intramolecular Hbond substituents is 1. The Kier molecular flexibility index (Phi) is 13.8. The lowest BCUT2D eigenvalue weighted by atomic mass is 10.0. The smallest absolute Gasteiger partial charge is 0.326 e. The van der Waals surface area contributed by atoms with Crippen molar-refractivity contribution in [2.24, 2.45) is 11.5 Å². The minimum atomic E-state index is -1.57. The number of rotatable bonds is 16. The molecule has 0 heterocycles. The second kappa shape index (κ2) is 16.2. The molecule has 1 aromatic carbocycles. The molecule has 1 aromatic rings. The summed E-state index contributed by atoms with van der Waals surface area (Å²) in [6.07, 6.45) is 1.31. The maximum Gasteiger partial charge on any atom is 0.326 e. The molecule has 0 bridgehead atoms. The van der Waals surface area contributed by atoms with Crippen LogP contribution in [-0.2, 0) is 35.2 Å². The Morgan fingerprint density at radius 1 is 0.846 bits per heavy atom. The van der Waals surface area contributed by atoms with Gasteiger partial charge in [0.25, 0.3) is 0 Å². The number of phenols is 1. The Morgan fingerprint density at radius 2 is 1.38 bits per heavy atom. The van der Waals surface area contributed by atoms with Crippen molar-refractivity contribution in [3.05, 3.63) is 29.8 Å². The molecule has 0 spiro atoms. The Bertz CT molecular complexity index is 1040. The molecule has 0 aromatic heterocycles. The third-order valence-electron chi connectivity index (χ3n) is 5.44. The number of benzene rings is 1. The van der Waals surface area contributed by atoms with Gasteiger partial charge in [-0.05, 0) is 50.0 Å². The fourth-order valence-corrected chi connectivity index (χ4v) is 3.71. The largest absolute Gasteiger partial charge is 0.508 e. The van der Waals surface area contributed by atoms with Gasteiger partial charge in [0.05, 0.1) is 12.5 Å². The van der Waals surface area contributed by atoms with Gasteiger partial charge in [-0.3, -0.25) is 24.0 Å². The molecule has 5 atom stereocenters. The van der Waals surface area contributed by atoms with E-state index in [0.717, 1.165) is 0 Å². The normalized spacial score (nSPS) is 14.6. The molecule has 39 heavy (non-hydrogen) atoms. The van der Waals surface area contributed by atoms with Crippen LogP contribution in [0.25, 0.3) is 0 Å². The average Bonchev–Trinajstić information content (AvgIpc) is 2.86. The minimum Gasteiger partial charge on any atom is -0.508 e. The molecule has 0 aliphatic rings. The van der Waals surface area contributed by atoms with E-state index in [4.69, 9.17) is 11.5 Å². The standard InChI is InChI=1S/C24H36N6O8S/c1-12(25)20(33)29-17(10-14-4-6-15(31)7-5-14)23(36)27-13(2)21(34)28-16(8-9-39-3)22(35)30-18(24(37)38)11-19(26)32/h4-7,12-13,16-18,31H,8-11,25H2,1-3H3,(H2,26,32)(H,27,36)(H,28,34)(H,29,33)(H,30,35)(H,37,38)/t12-,13-,16-,17-,18-/m0/s1. The Hall–Kier alpha value is -3.85. The number of aliphatic carboxylic acids is 1. The van der Waals surface area contributed by atoms with Gasteiger partial charge in [-0.1, -0.05) is 12.1 Å². The number of thioether (sulfide) groups is 1. The van der Waals surface area contributed by atoms with Gasteiger partial charge in [-0.25, -0.2) is 4.79 Å². The van der Waals surface area contributed by atoms with Crippen molar-refractivity contribution in [2.45, 2.75) is 63.3 Å². The van der Waals surface area contributed by atoms with Crippen LogP contribution in [0.5, 0.6) is 5.75 Å². The maximum absolute atomic E-state index is 13.0. The average molecular weight is 569 g/mol. The van der Waals surface area contributed by atoms with Crippen LogP contribution < -0.4 is 32.7 Å². The van der Waals surface area contributed by atoms with Gasteiger partial charge in [0.15, 0.2) is 0 Å². The zero-order valence-corrected chi connectivity index (χ0v) is 22.7. The number of hydrogen-bond donors (Lipinski definition) is 8. The van der Waals surface area contributed by atoms with E-state index < -0.39 is 72.1 Å². The molecule has 0 saturated carbocycles. The number of carbonyl (C=O) groups excluding carboxylic acids is 5. The van der Waals surface area contributed by atoms with Gasteiger partial charge >= 0.3 is 5.97 Å². The molecule has 5 amide bonds. The molecule has 15 heteroatoms. The summed E-state index contributed by atoms with van der Waals surface area (Å²) in [7, 11) is 0. The third-order valence-corrected chi connectivity index (χ3v) is 6.08. The predicted octanol–water partition coefficient (Wildman–Crippen LogP) is -2.05. The maximum atomic E-state index is 13.0. The molecular weight excluding hydrogens is 532 g/mol. The second-order valence-corrected chi connectivity index (χ2v) is 9.85. The number of primary amides is 1. The summed E-state index contributed by atoms with van der Waals surface area (Å²) >= 11 is 1.39. The molecule has 0 aliphatic heterocycles. The predicted molar refractivity (Wildman–Crippen MR) is 143 cm³/mol. The first-order valence-corrected chi connectivity index (χ1v) is 13.4. The quantitative estimate of drug-likeness (QED) is 0.108. The third kappa shape index (κ3) is 12.0. The van der Waals surface area contributed by atoms with Crippen molar-refractivity contribution in [3.63, 3.8) is 0 Å². The number of hydrogen-bond acceptors (Lipinski definition) is 9. The van der Waals surface area contributed by atoms with Crippen molar-refractivity contribution in [3.8, 4) is 5.75 Å². The highest BCUT2D eigenvalue weighted by Crippen LogP contribution is 2.12. The van der Waals surface area contributed by atoms with Crippen LogP contribution >= 0.6 is 11.8 Å². The minimum absolute atomic E-state index is 0.0222. The van der Waals surface area contributed by atoms with Crippen molar-refractivity contribution in [2.75, 3.05) is 12.0 Å². The number of aromatic hydroxyl groups is 1. The number of carbonyl (C=O) groups is 6. The molecule has 0 fully saturated rings. The Morgan fingerprint density at radius 3 is 1.90 bits per heavy atom. The molecule has 0 aliphatic carbocycles. The summed E-state index contributed by atoms with van der Waals surface area (Å²) in [6.45, 7) is 2.81. The molecule has 0 saturated heterocycles. The highest BCUT2D eigenvalue weighted by atomic mass is 32.2. The Balaban J connectivity index is 2.96. The summed E-state index contributed by atoms with van der Waals surface area (Å²) in [5.74, 6) is -4.81. The van der Waals surface area contributed by atoms with E-state index in [0.29, 0.717) is 11.3 Å². The van der Waals surface area contributed by atoms with Crippen LogP contribution in [0.15, 0.2) is 24.3 Å². The van der Waals surface area contributed by atoms with Gasteiger partial charge < -0.3 is 42.9 Å². The zero-order valence-electron chi connectivity index (χ0n) is 21.9. The SMILES string of the molecule is CSCC[C@H](NC(=O)[C@H](C)NC(=O)[C@H](Cc1ccc(O)cc1)NC(=O)[C@H](C)N)C(=O)N[C@@H](CC(N)=O)C(=O)O. The monoisotopic (exact) mass is 568 g/mol. The van der Waals surface area contributed by atoms with E-state index in [2.05, 4.69) is 21.3 Å². The van der Waals surface area contributed by atoms with Crippen LogP contribution in [0.2, 0.25) is 0 Å². The first-order chi connectivity index (χ1) is 18.2. The lowest BCUT2D eigenvalue weighted by Gasteiger charge is -2.24. The summed E-state index contributed by atoms with van der Waals surface area (Å²) in [6, 6.07) is 0.0855. The van der Waals surface area contributed by atoms with Crippen molar-refractivity contribution in [1.82, 2.24) is 21.3 Å². The van der Waals surface area contributed by atoms with Crippen LogP contribution in [0.3, 0.4) is 0 Å². The van der Waals surface area contributed by atoms with Gasteiger partial charge in [-0.15, -0.1) is 0 Å². The molecule has 10 N–H and O–H groups in total. The van der Waals surface area contributed by atoms with E-state index in [1.54, 1.807) is 18.4 Å². The number of nitrogens with one attached hydrogen (secondary N) is 4. The highest BCUT2D eigenvalue weighted by molar-refractivity contribution is 7.98. The van der Waals surface area contributed by atoms with Gasteiger partial charge in [0.2, 0.25) is 29.5 Å². The number of nitrogens with two attached hydrogens (primary N) is 2. The number of carboxylic acid groups (broad SMARTS) is 1. The van der Waals surface area contributed by atoms with Crippen molar-refractivity contribution in [1.29, 1.82) is 0 Å².